The number of hydrogen-bond donors (Lipinski definition) is 2. The Balaban J connectivity index is 1.80. The first-order valence-electron chi connectivity index (χ1n) is 10.5. The van der Waals surface area contributed by atoms with Gasteiger partial charge in [0.2, 0.25) is 0 Å². The summed E-state index contributed by atoms with van der Waals surface area (Å²) in [7, 11) is 0. The molecule has 5 heteroatoms. The van der Waals surface area contributed by atoms with Gasteiger partial charge in [-0.25, -0.2) is 0 Å². The molecule has 1 saturated heterocycles. The molecular formula is C23H32O5. The van der Waals surface area contributed by atoms with Crippen LogP contribution in [0.1, 0.15) is 48.0 Å². The number of carbonyl (C=O) groups is 1. The summed E-state index contributed by atoms with van der Waals surface area (Å²) in [6, 6.07) is 0. The summed E-state index contributed by atoms with van der Waals surface area (Å²) in [4.78, 5) is 14.3. The van der Waals surface area contributed by atoms with Crippen molar-refractivity contribution < 1.29 is 24.5 Å². The van der Waals surface area contributed by atoms with E-state index in [0.29, 0.717) is 11.5 Å². The molecule has 1 heterocycles. The quantitative estimate of drug-likeness (QED) is 0.676. The van der Waals surface area contributed by atoms with Crippen molar-refractivity contribution in [3.05, 3.63) is 23.3 Å². The molecule has 2 N–H and O–H groups in total. The Hall–Kier alpha value is -1.01. The molecule has 8 unspecified atom stereocenters. The van der Waals surface area contributed by atoms with Crippen LogP contribution in [0.2, 0.25) is 0 Å². The van der Waals surface area contributed by atoms with Gasteiger partial charge in [0.25, 0.3) is 0 Å². The van der Waals surface area contributed by atoms with Gasteiger partial charge in [-0.3, -0.25) is 4.79 Å². The van der Waals surface area contributed by atoms with Crippen molar-refractivity contribution >= 4 is 5.78 Å². The van der Waals surface area contributed by atoms with Gasteiger partial charge in [-0.15, -0.1) is 0 Å². The molecule has 0 aromatic rings. The second-order valence-electron chi connectivity index (χ2n) is 10.8. The van der Waals surface area contributed by atoms with Crippen molar-refractivity contribution in [3.8, 4) is 0 Å². The summed E-state index contributed by atoms with van der Waals surface area (Å²) in [6.45, 7) is 12.0. The molecule has 5 aliphatic rings. The van der Waals surface area contributed by atoms with Gasteiger partial charge in [0.1, 0.15) is 17.8 Å². The van der Waals surface area contributed by atoms with E-state index in [1.807, 2.05) is 32.9 Å². The van der Waals surface area contributed by atoms with Crippen molar-refractivity contribution in [2.45, 2.75) is 71.6 Å². The highest BCUT2D eigenvalue weighted by Crippen LogP contribution is 2.73. The highest BCUT2D eigenvalue weighted by Gasteiger charge is 2.79. The average molecular weight is 389 g/mol. The summed E-state index contributed by atoms with van der Waals surface area (Å²) in [5, 5.41) is 21.7. The maximum absolute atomic E-state index is 14.3. The number of rotatable bonds is 1. The van der Waals surface area contributed by atoms with Crippen molar-refractivity contribution in [2.24, 2.45) is 34.5 Å². The number of hydrogen-bond acceptors (Lipinski definition) is 5. The van der Waals surface area contributed by atoms with Crippen molar-refractivity contribution in [1.29, 1.82) is 0 Å². The third-order valence-corrected chi connectivity index (χ3v) is 8.68. The van der Waals surface area contributed by atoms with E-state index in [1.54, 1.807) is 0 Å². The summed E-state index contributed by atoms with van der Waals surface area (Å²) >= 11 is 0. The molecule has 0 amide bonds. The number of carbonyl (C=O) groups excluding carboxylic acids is 1. The molecule has 2 saturated carbocycles. The first-order chi connectivity index (χ1) is 12.9. The molecular weight excluding hydrogens is 356 g/mol. The summed E-state index contributed by atoms with van der Waals surface area (Å²) < 4.78 is 12.8. The van der Waals surface area contributed by atoms with Crippen LogP contribution in [0.4, 0.5) is 0 Å². The molecule has 3 fully saturated rings. The van der Waals surface area contributed by atoms with E-state index in [0.717, 1.165) is 12.0 Å². The number of ketones is 1. The van der Waals surface area contributed by atoms with Crippen molar-refractivity contribution in [3.63, 3.8) is 0 Å². The van der Waals surface area contributed by atoms with Crippen LogP contribution >= 0.6 is 0 Å². The first-order valence-corrected chi connectivity index (χ1v) is 10.5. The molecule has 0 aromatic heterocycles. The number of Topliss-reactive ketones (excluding diaryl/α,β-unsaturated/α-hetero) is 1. The van der Waals surface area contributed by atoms with Crippen LogP contribution in [-0.4, -0.2) is 46.2 Å². The molecule has 0 radical (unpaired) electrons. The van der Waals surface area contributed by atoms with Gasteiger partial charge in [-0.05, 0) is 61.5 Å². The normalized spacial score (nSPS) is 52.6. The van der Waals surface area contributed by atoms with Gasteiger partial charge in [0.05, 0.1) is 12.0 Å². The molecule has 2 bridgehead atoms. The van der Waals surface area contributed by atoms with Gasteiger partial charge in [0.15, 0.2) is 11.6 Å². The zero-order valence-electron chi connectivity index (χ0n) is 17.7. The molecule has 28 heavy (non-hydrogen) atoms. The van der Waals surface area contributed by atoms with Crippen LogP contribution in [0.3, 0.4) is 0 Å². The molecule has 5 nitrogen and oxygen atoms in total. The maximum atomic E-state index is 14.3. The third kappa shape index (κ3) is 1.86. The van der Waals surface area contributed by atoms with E-state index in [2.05, 4.69) is 20.8 Å². The highest BCUT2D eigenvalue weighted by atomic mass is 16.8. The van der Waals surface area contributed by atoms with E-state index >= 15 is 0 Å². The fourth-order valence-corrected chi connectivity index (χ4v) is 7.47. The van der Waals surface area contributed by atoms with E-state index < -0.39 is 29.0 Å². The summed E-state index contributed by atoms with van der Waals surface area (Å²) in [5.74, 6) is -0.378. The van der Waals surface area contributed by atoms with Gasteiger partial charge < -0.3 is 19.7 Å². The SMILES string of the molecule is CC1=CC23C(=O)C(C=C(CO)C(O)C24OC(C)(C)OC14)C1C(CC3C)C1(C)C. The average Bonchev–Trinajstić information content (AvgIpc) is 2.92. The molecule has 2 spiro atoms. The van der Waals surface area contributed by atoms with Crippen LogP contribution in [0, 0.1) is 34.5 Å². The minimum Gasteiger partial charge on any atom is -0.392 e. The van der Waals surface area contributed by atoms with Gasteiger partial charge in [-0.2, -0.15) is 0 Å². The zero-order chi connectivity index (χ0) is 20.4. The number of aliphatic hydroxyl groups excluding tert-OH is 2. The van der Waals surface area contributed by atoms with Crippen LogP contribution in [0.25, 0.3) is 0 Å². The Kier molecular flexibility index (Phi) is 3.51. The standard InChI is InChI=1S/C23H32O5/c1-11-9-22-12(2)7-15-16(20(15,3)4)14(18(22)26)8-13(10-24)17(25)23(22)19(11)27-21(5,6)28-23/h8-9,12,14-17,19,24-25H,7,10H2,1-6H3. The smallest absolute Gasteiger partial charge is 0.164 e. The summed E-state index contributed by atoms with van der Waals surface area (Å²) in [5.41, 5.74) is -0.640. The fraction of sp³-hybridized carbons (Fsp3) is 0.783. The second kappa shape index (κ2) is 5.18. The lowest BCUT2D eigenvalue weighted by Gasteiger charge is -2.49. The molecule has 0 aromatic carbocycles. The lowest BCUT2D eigenvalue weighted by Crippen LogP contribution is -2.64. The number of aliphatic hydroxyl groups is 2. The third-order valence-electron chi connectivity index (χ3n) is 8.68. The topological polar surface area (TPSA) is 76.0 Å². The number of ether oxygens (including phenoxy) is 2. The lowest BCUT2D eigenvalue weighted by molar-refractivity contribution is -0.215. The Morgan fingerprint density at radius 3 is 2.57 bits per heavy atom. The van der Waals surface area contributed by atoms with Crippen LogP contribution in [0.15, 0.2) is 23.3 Å². The minimum absolute atomic E-state index is 0.0119. The molecule has 8 atom stereocenters. The van der Waals surface area contributed by atoms with E-state index in [-0.39, 0.29) is 35.6 Å². The minimum atomic E-state index is -1.22. The molecule has 4 aliphatic carbocycles. The van der Waals surface area contributed by atoms with Gasteiger partial charge in [0, 0.05) is 5.92 Å². The van der Waals surface area contributed by atoms with E-state index in [1.165, 1.54) is 0 Å². The Labute approximate surface area is 166 Å². The molecule has 5 rings (SSSR count). The molecule has 154 valence electrons. The largest absolute Gasteiger partial charge is 0.392 e. The lowest BCUT2D eigenvalue weighted by atomic mass is 9.59. The van der Waals surface area contributed by atoms with Crippen molar-refractivity contribution in [1.82, 2.24) is 0 Å². The van der Waals surface area contributed by atoms with E-state index in [4.69, 9.17) is 9.47 Å². The maximum Gasteiger partial charge on any atom is 0.164 e. The van der Waals surface area contributed by atoms with Gasteiger partial charge in [-0.1, -0.05) is 32.9 Å². The second-order valence-corrected chi connectivity index (χ2v) is 10.8. The summed E-state index contributed by atoms with van der Waals surface area (Å²) in [6.07, 6.45) is 3.24. The number of allylic oxidation sites excluding steroid dienone is 1. The predicted molar refractivity (Wildman–Crippen MR) is 103 cm³/mol. The Morgan fingerprint density at radius 2 is 1.93 bits per heavy atom. The highest BCUT2D eigenvalue weighted by molar-refractivity contribution is 5.95. The van der Waals surface area contributed by atoms with Crippen LogP contribution < -0.4 is 0 Å². The Morgan fingerprint density at radius 1 is 1.25 bits per heavy atom. The van der Waals surface area contributed by atoms with Crippen molar-refractivity contribution in [2.75, 3.05) is 6.61 Å². The number of fused-ring (bicyclic) bond motifs is 3. The zero-order valence-corrected chi connectivity index (χ0v) is 17.7. The van der Waals surface area contributed by atoms with Crippen LogP contribution in [0.5, 0.6) is 0 Å². The monoisotopic (exact) mass is 388 g/mol. The van der Waals surface area contributed by atoms with Gasteiger partial charge >= 0.3 is 0 Å². The Bertz CT molecular complexity index is 823. The van der Waals surface area contributed by atoms with E-state index in [9.17, 15) is 15.0 Å². The van der Waals surface area contributed by atoms with Crippen LogP contribution in [-0.2, 0) is 14.3 Å². The predicted octanol–water partition coefficient (Wildman–Crippen LogP) is 2.61. The first kappa shape index (κ1) is 19.0. The molecule has 1 aliphatic heterocycles. The fourth-order valence-electron chi connectivity index (χ4n) is 7.47.